The van der Waals surface area contributed by atoms with Crippen molar-refractivity contribution in [3.63, 3.8) is 0 Å². The average Bonchev–Trinajstić information content (AvgIpc) is 2.87. The first-order chi connectivity index (χ1) is 17.5. The summed E-state index contributed by atoms with van der Waals surface area (Å²) in [4.78, 5) is 12.5. The number of halogens is 4. The number of anilines is 1. The largest absolute Gasteiger partial charge is 0.497 e. The fourth-order valence-electron chi connectivity index (χ4n) is 3.18. The van der Waals surface area contributed by atoms with Gasteiger partial charge in [-0.25, -0.2) is 13.8 Å². The third-order valence-electron chi connectivity index (χ3n) is 4.99. The van der Waals surface area contributed by atoms with E-state index in [0.717, 1.165) is 6.07 Å². The van der Waals surface area contributed by atoms with Gasteiger partial charge in [0.2, 0.25) is 0 Å². The lowest BCUT2D eigenvalue weighted by molar-refractivity contribution is -0.137. The molecule has 3 aromatic rings. The van der Waals surface area contributed by atoms with Gasteiger partial charge >= 0.3 is 6.18 Å². The number of carbonyl (C=O) groups excluding carboxylic acids is 1. The number of rotatable bonds is 9. The minimum absolute atomic E-state index is 0.249. The van der Waals surface area contributed by atoms with Crippen LogP contribution in [-0.2, 0) is 21.0 Å². The number of hydrogen-bond donors (Lipinski definition) is 1. The summed E-state index contributed by atoms with van der Waals surface area (Å²) in [5.41, 5.74) is 0.957. The zero-order valence-corrected chi connectivity index (χ0v) is 21.1. The highest BCUT2D eigenvalue weighted by molar-refractivity contribution is 7.92. The smallest absolute Gasteiger partial charge is 0.416 e. The zero-order valence-electron chi connectivity index (χ0n) is 19.5. The van der Waals surface area contributed by atoms with Gasteiger partial charge in [-0.2, -0.15) is 18.3 Å². The first-order valence-electron chi connectivity index (χ1n) is 10.5. The third-order valence-corrected chi connectivity index (χ3v) is 7.08. The van der Waals surface area contributed by atoms with Crippen molar-refractivity contribution in [2.24, 2.45) is 5.10 Å². The molecule has 196 valence electrons. The molecule has 3 aromatic carbocycles. The first kappa shape index (κ1) is 27.8. The minimum Gasteiger partial charge on any atom is -0.497 e. The number of hydrogen-bond acceptors (Lipinski definition) is 6. The molecule has 3 rings (SSSR count). The molecular weight excluding hydrogens is 535 g/mol. The van der Waals surface area contributed by atoms with Crippen LogP contribution in [-0.4, -0.2) is 41.3 Å². The van der Waals surface area contributed by atoms with Crippen LogP contribution in [0.5, 0.6) is 11.5 Å². The topological polar surface area (TPSA) is 97.3 Å². The van der Waals surface area contributed by atoms with Gasteiger partial charge in [0.05, 0.1) is 41.6 Å². The number of alkyl halides is 3. The standard InChI is InChI=1S/C24H21ClF3N3O5S/c1-35-18-9-11-22(36-2)16(12-18)14-29-30-23(32)15-31(37(33,34)19-6-4-3-5-7-19)21-13-17(24(26,27)28)8-10-20(21)25/h3-14H,15H2,1-2H3,(H,30,32)/b29-14+. The third kappa shape index (κ3) is 6.71. The van der Waals surface area contributed by atoms with Gasteiger partial charge in [-0.1, -0.05) is 29.8 Å². The SMILES string of the molecule is COc1ccc(OC)c(/C=N/NC(=O)CN(c2cc(C(F)(F)F)ccc2Cl)S(=O)(=O)c2ccccc2)c1. The molecule has 0 spiro atoms. The second-order valence-corrected chi connectivity index (χ2v) is 9.66. The predicted octanol–water partition coefficient (Wildman–Crippen LogP) is 4.72. The number of amides is 1. The molecule has 0 atom stereocenters. The van der Waals surface area contributed by atoms with Crippen molar-refractivity contribution in [2.45, 2.75) is 11.1 Å². The molecule has 0 aliphatic heterocycles. The second-order valence-electron chi connectivity index (χ2n) is 7.39. The lowest BCUT2D eigenvalue weighted by atomic mass is 10.2. The van der Waals surface area contributed by atoms with Crippen molar-refractivity contribution in [3.05, 3.63) is 82.9 Å². The fourth-order valence-corrected chi connectivity index (χ4v) is 4.90. The molecule has 0 aliphatic rings. The second kappa shape index (κ2) is 11.5. The monoisotopic (exact) mass is 555 g/mol. The molecule has 13 heteroatoms. The van der Waals surface area contributed by atoms with Gasteiger partial charge < -0.3 is 9.47 Å². The molecule has 0 saturated heterocycles. The number of nitrogens with one attached hydrogen (secondary N) is 1. The molecule has 0 radical (unpaired) electrons. The van der Waals surface area contributed by atoms with E-state index in [9.17, 15) is 26.4 Å². The van der Waals surface area contributed by atoms with Crippen molar-refractivity contribution in [3.8, 4) is 11.5 Å². The number of ether oxygens (including phenoxy) is 2. The normalized spacial score (nSPS) is 11.8. The van der Waals surface area contributed by atoms with E-state index in [1.54, 1.807) is 24.3 Å². The number of sulfonamides is 1. The molecule has 1 N–H and O–H groups in total. The Bertz CT molecular complexity index is 1400. The van der Waals surface area contributed by atoms with Gasteiger partial charge in [-0.3, -0.25) is 9.10 Å². The van der Waals surface area contributed by atoms with Gasteiger partial charge in [-0.05, 0) is 48.5 Å². The minimum atomic E-state index is -4.77. The quantitative estimate of drug-likeness (QED) is 0.304. The average molecular weight is 556 g/mol. The lowest BCUT2D eigenvalue weighted by Crippen LogP contribution is -2.40. The van der Waals surface area contributed by atoms with Crippen LogP contribution in [0, 0.1) is 0 Å². The summed E-state index contributed by atoms with van der Waals surface area (Å²) in [5, 5.41) is 3.51. The Labute approximate surface area is 216 Å². The first-order valence-corrected chi connectivity index (χ1v) is 12.3. The van der Waals surface area contributed by atoms with Crippen molar-refractivity contribution >= 4 is 39.4 Å². The lowest BCUT2D eigenvalue weighted by Gasteiger charge is -2.25. The molecule has 0 fully saturated rings. The van der Waals surface area contributed by atoms with Crippen molar-refractivity contribution in [2.75, 3.05) is 25.1 Å². The van der Waals surface area contributed by atoms with Crippen LogP contribution in [0.15, 0.2) is 76.7 Å². The van der Waals surface area contributed by atoms with Crippen LogP contribution in [0.4, 0.5) is 18.9 Å². The molecule has 8 nitrogen and oxygen atoms in total. The fraction of sp³-hybridized carbons (Fsp3) is 0.167. The summed E-state index contributed by atoms with van der Waals surface area (Å²) in [7, 11) is -1.60. The van der Waals surface area contributed by atoms with Gasteiger partial charge in [0, 0.05) is 5.56 Å². The molecule has 0 aliphatic carbocycles. The summed E-state index contributed by atoms with van der Waals surface area (Å²) in [6.45, 7) is -0.912. The molecule has 0 unspecified atom stereocenters. The van der Waals surface area contributed by atoms with Crippen LogP contribution in [0.2, 0.25) is 5.02 Å². The van der Waals surface area contributed by atoms with Crippen molar-refractivity contribution in [1.82, 2.24) is 5.43 Å². The van der Waals surface area contributed by atoms with E-state index in [-0.39, 0.29) is 9.92 Å². The van der Waals surface area contributed by atoms with E-state index in [0.29, 0.717) is 33.5 Å². The van der Waals surface area contributed by atoms with Crippen molar-refractivity contribution in [1.29, 1.82) is 0 Å². The molecule has 37 heavy (non-hydrogen) atoms. The molecule has 0 saturated carbocycles. The number of hydrazone groups is 1. The Balaban J connectivity index is 1.95. The number of nitrogens with zero attached hydrogens (tertiary/aromatic N) is 2. The number of methoxy groups -OCH3 is 2. The highest BCUT2D eigenvalue weighted by Gasteiger charge is 2.34. The highest BCUT2D eigenvalue weighted by Crippen LogP contribution is 2.37. The van der Waals surface area contributed by atoms with E-state index in [2.05, 4.69) is 10.5 Å². The van der Waals surface area contributed by atoms with Crippen LogP contribution in [0.1, 0.15) is 11.1 Å². The van der Waals surface area contributed by atoms with E-state index in [1.165, 1.54) is 44.7 Å². The number of benzene rings is 3. The van der Waals surface area contributed by atoms with E-state index in [1.807, 2.05) is 0 Å². The van der Waals surface area contributed by atoms with E-state index in [4.69, 9.17) is 21.1 Å². The van der Waals surface area contributed by atoms with Crippen molar-refractivity contribution < 1.29 is 35.9 Å². The Morgan fingerprint density at radius 2 is 1.76 bits per heavy atom. The maximum atomic E-state index is 13.4. The van der Waals surface area contributed by atoms with E-state index < -0.39 is 39.9 Å². The number of carbonyl (C=O) groups is 1. The van der Waals surface area contributed by atoms with Gasteiger partial charge in [0.15, 0.2) is 0 Å². The van der Waals surface area contributed by atoms with Crippen LogP contribution in [0.3, 0.4) is 0 Å². The molecule has 1 amide bonds. The Morgan fingerprint density at radius 3 is 2.38 bits per heavy atom. The summed E-state index contributed by atoms with van der Waals surface area (Å²) in [6.07, 6.45) is -3.53. The van der Waals surface area contributed by atoms with Crippen LogP contribution < -0.4 is 19.2 Å². The van der Waals surface area contributed by atoms with Crippen LogP contribution >= 0.6 is 11.6 Å². The van der Waals surface area contributed by atoms with E-state index >= 15 is 0 Å². The maximum absolute atomic E-state index is 13.4. The highest BCUT2D eigenvalue weighted by atomic mass is 35.5. The summed E-state index contributed by atoms with van der Waals surface area (Å²) in [6, 6.07) is 14.0. The van der Waals surface area contributed by atoms with Gasteiger partial charge in [-0.15, -0.1) is 0 Å². The summed E-state index contributed by atoms with van der Waals surface area (Å²) >= 11 is 6.10. The Hall–Kier alpha value is -3.77. The maximum Gasteiger partial charge on any atom is 0.416 e. The van der Waals surface area contributed by atoms with Crippen LogP contribution in [0.25, 0.3) is 0 Å². The van der Waals surface area contributed by atoms with Gasteiger partial charge in [0.25, 0.3) is 15.9 Å². The summed E-state index contributed by atoms with van der Waals surface area (Å²) < 4.78 is 77.7. The Morgan fingerprint density at radius 1 is 1.05 bits per heavy atom. The Kier molecular flexibility index (Phi) is 8.66. The molecule has 0 bridgehead atoms. The summed E-state index contributed by atoms with van der Waals surface area (Å²) in [5.74, 6) is -0.0261. The zero-order chi connectivity index (χ0) is 27.2. The molecular formula is C24H21ClF3N3O5S. The van der Waals surface area contributed by atoms with Gasteiger partial charge in [0.1, 0.15) is 18.0 Å². The molecule has 0 aromatic heterocycles. The predicted molar refractivity (Wildman–Crippen MR) is 133 cm³/mol. The molecule has 0 heterocycles.